The van der Waals surface area contributed by atoms with Crippen LogP contribution in [0.2, 0.25) is 0 Å². The number of hydrogen-bond acceptors (Lipinski definition) is 2. The normalized spacial score (nSPS) is 15.7. The fourth-order valence-corrected chi connectivity index (χ4v) is 3.03. The second-order valence-electron chi connectivity index (χ2n) is 3.96. The van der Waals surface area contributed by atoms with Crippen LogP contribution >= 0.6 is 8.38 Å². The van der Waals surface area contributed by atoms with Gasteiger partial charge in [0.25, 0.3) is 0 Å². The summed E-state index contributed by atoms with van der Waals surface area (Å²) in [5.74, 6) is 0.792. The molecule has 1 saturated carbocycles. The van der Waals surface area contributed by atoms with Crippen molar-refractivity contribution in [1.82, 2.24) is 0 Å². The SMILES string of the molecule is CCOP(OCC)c1cccc(C2CC2)c1. The zero-order valence-electron chi connectivity index (χ0n) is 9.98. The molecule has 3 heteroatoms. The first-order valence-corrected chi connectivity index (χ1v) is 7.18. The maximum atomic E-state index is 5.67. The van der Waals surface area contributed by atoms with Gasteiger partial charge >= 0.3 is 0 Å². The van der Waals surface area contributed by atoms with Crippen molar-refractivity contribution >= 4 is 13.7 Å². The molecule has 0 atom stereocenters. The number of rotatable bonds is 6. The summed E-state index contributed by atoms with van der Waals surface area (Å²) in [6, 6.07) is 8.71. The molecular formula is C13H19O2P. The summed E-state index contributed by atoms with van der Waals surface area (Å²) in [5.41, 5.74) is 1.45. The lowest BCUT2D eigenvalue weighted by Gasteiger charge is -2.16. The molecule has 0 unspecified atom stereocenters. The molecule has 1 aromatic carbocycles. The summed E-state index contributed by atoms with van der Waals surface area (Å²) in [6.45, 7) is 5.44. The Morgan fingerprint density at radius 3 is 2.44 bits per heavy atom. The molecule has 0 radical (unpaired) electrons. The topological polar surface area (TPSA) is 18.5 Å². The first-order valence-electron chi connectivity index (χ1n) is 6.01. The van der Waals surface area contributed by atoms with Crippen LogP contribution < -0.4 is 5.30 Å². The Morgan fingerprint density at radius 1 is 1.19 bits per heavy atom. The second kappa shape index (κ2) is 5.77. The summed E-state index contributed by atoms with van der Waals surface area (Å²) < 4.78 is 11.3. The second-order valence-corrected chi connectivity index (χ2v) is 5.51. The van der Waals surface area contributed by atoms with E-state index >= 15 is 0 Å². The molecule has 1 fully saturated rings. The van der Waals surface area contributed by atoms with Crippen LogP contribution in [0.5, 0.6) is 0 Å². The third-order valence-electron chi connectivity index (χ3n) is 2.62. The van der Waals surface area contributed by atoms with Crippen molar-refractivity contribution in [1.29, 1.82) is 0 Å². The van der Waals surface area contributed by atoms with E-state index in [-0.39, 0.29) is 0 Å². The lowest BCUT2D eigenvalue weighted by molar-refractivity contribution is 0.277. The van der Waals surface area contributed by atoms with E-state index in [0.717, 1.165) is 5.92 Å². The van der Waals surface area contributed by atoms with Crippen LogP contribution in [0.4, 0.5) is 0 Å². The van der Waals surface area contributed by atoms with Crippen LogP contribution in [0.1, 0.15) is 38.2 Å². The van der Waals surface area contributed by atoms with E-state index in [0.29, 0.717) is 13.2 Å². The van der Waals surface area contributed by atoms with Gasteiger partial charge in [-0.25, -0.2) is 0 Å². The van der Waals surface area contributed by atoms with Crippen LogP contribution in [0.25, 0.3) is 0 Å². The van der Waals surface area contributed by atoms with Crippen molar-refractivity contribution in [3.8, 4) is 0 Å². The van der Waals surface area contributed by atoms with Gasteiger partial charge in [-0.2, -0.15) is 0 Å². The Balaban J connectivity index is 2.12. The van der Waals surface area contributed by atoms with Crippen molar-refractivity contribution in [2.75, 3.05) is 13.2 Å². The van der Waals surface area contributed by atoms with Crippen LogP contribution in [-0.4, -0.2) is 13.2 Å². The van der Waals surface area contributed by atoms with Crippen LogP contribution in [0.15, 0.2) is 24.3 Å². The maximum absolute atomic E-state index is 5.67. The predicted octanol–water partition coefficient (Wildman–Crippen LogP) is 3.57. The molecule has 1 aliphatic carbocycles. The van der Waals surface area contributed by atoms with E-state index in [1.54, 1.807) is 0 Å². The number of hydrogen-bond donors (Lipinski definition) is 0. The lowest BCUT2D eigenvalue weighted by atomic mass is 10.1. The summed E-state index contributed by atoms with van der Waals surface area (Å²) in [4.78, 5) is 0. The van der Waals surface area contributed by atoms with Crippen LogP contribution in [0.3, 0.4) is 0 Å². The minimum atomic E-state index is -0.869. The molecular weight excluding hydrogens is 219 g/mol. The molecule has 2 nitrogen and oxygen atoms in total. The molecule has 1 aliphatic rings. The van der Waals surface area contributed by atoms with E-state index in [4.69, 9.17) is 9.05 Å². The summed E-state index contributed by atoms with van der Waals surface area (Å²) in [6.07, 6.45) is 2.68. The van der Waals surface area contributed by atoms with Gasteiger partial charge in [0.15, 0.2) is 0 Å². The van der Waals surface area contributed by atoms with Gasteiger partial charge < -0.3 is 9.05 Å². The van der Waals surface area contributed by atoms with E-state index in [1.165, 1.54) is 23.7 Å². The molecule has 2 rings (SSSR count). The molecule has 0 N–H and O–H groups in total. The maximum Gasteiger partial charge on any atom is 0.205 e. The molecule has 0 amide bonds. The fraction of sp³-hybridized carbons (Fsp3) is 0.538. The highest BCUT2D eigenvalue weighted by Crippen LogP contribution is 2.42. The molecule has 0 aliphatic heterocycles. The molecule has 0 aromatic heterocycles. The summed E-state index contributed by atoms with van der Waals surface area (Å²) in [5, 5.41) is 1.21. The zero-order valence-corrected chi connectivity index (χ0v) is 10.9. The van der Waals surface area contributed by atoms with Crippen molar-refractivity contribution < 1.29 is 9.05 Å². The lowest BCUT2D eigenvalue weighted by Crippen LogP contribution is -2.06. The molecule has 16 heavy (non-hydrogen) atoms. The molecule has 0 heterocycles. The van der Waals surface area contributed by atoms with Crippen LogP contribution in [0, 0.1) is 0 Å². The van der Waals surface area contributed by atoms with E-state index in [2.05, 4.69) is 24.3 Å². The van der Waals surface area contributed by atoms with Crippen molar-refractivity contribution in [3.05, 3.63) is 29.8 Å². The van der Waals surface area contributed by atoms with Gasteiger partial charge in [-0.3, -0.25) is 0 Å². The first kappa shape index (κ1) is 12.0. The van der Waals surface area contributed by atoms with Gasteiger partial charge in [0.1, 0.15) is 0 Å². The molecule has 0 bridgehead atoms. The summed E-state index contributed by atoms with van der Waals surface area (Å²) >= 11 is 0. The third kappa shape index (κ3) is 3.04. The van der Waals surface area contributed by atoms with Crippen molar-refractivity contribution in [3.63, 3.8) is 0 Å². The average Bonchev–Trinajstić information content (AvgIpc) is 3.13. The number of benzene rings is 1. The highest BCUT2D eigenvalue weighted by atomic mass is 31.2. The predicted molar refractivity (Wildman–Crippen MR) is 68.2 cm³/mol. The van der Waals surface area contributed by atoms with Gasteiger partial charge in [0.2, 0.25) is 8.38 Å². The molecule has 0 spiro atoms. The molecule has 88 valence electrons. The first-order chi connectivity index (χ1) is 7.85. The molecule has 1 aromatic rings. The Labute approximate surface area is 98.9 Å². The minimum Gasteiger partial charge on any atom is -0.331 e. The Bertz CT molecular complexity index is 330. The smallest absolute Gasteiger partial charge is 0.205 e. The quantitative estimate of drug-likeness (QED) is 0.705. The standard InChI is InChI=1S/C13H19O2P/c1-3-14-16(15-4-2)13-7-5-6-12(10-13)11-8-9-11/h5-7,10-11H,3-4,8-9H2,1-2H3. The Kier molecular flexibility index (Phi) is 4.34. The van der Waals surface area contributed by atoms with Gasteiger partial charge in [-0.1, -0.05) is 12.1 Å². The van der Waals surface area contributed by atoms with E-state index in [1.807, 2.05) is 13.8 Å². The third-order valence-corrected chi connectivity index (χ3v) is 4.31. The van der Waals surface area contributed by atoms with Crippen LogP contribution in [-0.2, 0) is 9.05 Å². The van der Waals surface area contributed by atoms with E-state index in [9.17, 15) is 0 Å². The summed E-state index contributed by atoms with van der Waals surface area (Å²) in [7, 11) is -0.869. The highest BCUT2D eigenvalue weighted by Gasteiger charge is 2.24. The Hall–Kier alpha value is -0.430. The van der Waals surface area contributed by atoms with Gasteiger partial charge in [-0.15, -0.1) is 0 Å². The largest absolute Gasteiger partial charge is 0.331 e. The highest BCUT2D eigenvalue weighted by molar-refractivity contribution is 7.56. The monoisotopic (exact) mass is 238 g/mol. The fourth-order valence-electron chi connectivity index (χ4n) is 1.73. The minimum absolute atomic E-state index is 0.708. The zero-order chi connectivity index (χ0) is 11.4. The van der Waals surface area contributed by atoms with Gasteiger partial charge in [-0.05, 0) is 50.3 Å². The average molecular weight is 238 g/mol. The van der Waals surface area contributed by atoms with Gasteiger partial charge in [0, 0.05) is 5.30 Å². The van der Waals surface area contributed by atoms with Gasteiger partial charge in [0.05, 0.1) is 13.2 Å². The van der Waals surface area contributed by atoms with Crippen molar-refractivity contribution in [2.24, 2.45) is 0 Å². The Morgan fingerprint density at radius 2 is 1.88 bits per heavy atom. The molecule has 0 saturated heterocycles. The van der Waals surface area contributed by atoms with Crippen molar-refractivity contribution in [2.45, 2.75) is 32.6 Å². The van der Waals surface area contributed by atoms with E-state index < -0.39 is 8.38 Å².